The number of aromatic nitrogens is 6. The van der Waals surface area contributed by atoms with Crippen LogP contribution in [0.1, 0.15) is 75.3 Å². The summed E-state index contributed by atoms with van der Waals surface area (Å²) in [5, 5.41) is 20.9. The van der Waals surface area contributed by atoms with Crippen LogP contribution in [0.4, 0.5) is 9.59 Å². The molecule has 3 aromatic carbocycles. The van der Waals surface area contributed by atoms with Gasteiger partial charge in [-0.15, -0.1) is 0 Å². The minimum absolute atomic E-state index is 0.00518. The number of nitrogens with two attached hydrogens (primary N) is 1. The maximum Gasteiger partial charge on any atom is 0.410 e. The van der Waals surface area contributed by atoms with Crippen molar-refractivity contribution in [2.24, 2.45) is 5.73 Å². The Morgan fingerprint density at radius 3 is 1.33 bits per heavy atom. The van der Waals surface area contributed by atoms with Gasteiger partial charge >= 0.3 is 12.2 Å². The zero-order chi connectivity index (χ0) is 63.6. The van der Waals surface area contributed by atoms with Crippen molar-refractivity contribution in [2.45, 2.75) is 93.2 Å². The van der Waals surface area contributed by atoms with Gasteiger partial charge in [0, 0.05) is 134 Å². The van der Waals surface area contributed by atoms with Gasteiger partial charge in [0.1, 0.15) is 41.5 Å². The van der Waals surface area contributed by atoms with Crippen LogP contribution in [0, 0.1) is 43.4 Å². The van der Waals surface area contributed by atoms with Gasteiger partial charge in [-0.3, -0.25) is 9.59 Å². The van der Waals surface area contributed by atoms with Gasteiger partial charge in [0.15, 0.2) is 0 Å². The van der Waals surface area contributed by atoms with Crippen LogP contribution in [0.3, 0.4) is 0 Å². The molecule has 4 amide bonds. The molecule has 11 rings (SSSR count). The molecule has 0 spiro atoms. The molecule has 2 fully saturated rings. The Labute approximate surface area is 516 Å². The number of benzene rings is 3. The number of nitrogens with zero attached hydrogens (tertiary/aromatic N) is 11. The van der Waals surface area contributed by atoms with Crippen LogP contribution in [-0.2, 0) is 38.7 Å². The van der Waals surface area contributed by atoms with Crippen LogP contribution in [0.25, 0.3) is 32.7 Å². The monoisotopic (exact) mass is 1200 g/mol. The summed E-state index contributed by atoms with van der Waals surface area (Å²) in [6.07, 6.45) is 4.92. The number of carbonyl (C=O) groups excluding carboxylic acids is 4. The number of aromatic amines is 1. The van der Waals surface area contributed by atoms with Crippen LogP contribution < -0.4 is 19.9 Å². The van der Waals surface area contributed by atoms with Gasteiger partial charge in [-0.25, -0.2) is 24.5 Å². The molecule has 6 aromatic heterocycles. The van der Waals surface area contributed by atoms with Gasteiger partial charge in [-0.1, -0.05) is 18.2 Å². The number of nitrogens with one attached hydrogen (secondary N) is 1. The Morgan fingerprint density at radius 2 is 0.910 bits per heavy atom. The van der Waals surface area contributed by atoms with Crippen molar-refractivity contribution in [3.05, 3.63) is 162 Å². The molecule has 3 N–H and O–H groups in total. The number of carbonyl (C=O) groups is 4. The first-order chi connectivity index (χ1) is 42.5. The summed E-state index contributed by atoms with van der Waals surface area (Å²) in [5.74, 6) is 3.25. The quantitative estimate of drug-likeness (QED) is 0.122. The number of pyridine rings is 3. The molecule has 22 heteroatoms. The molecule has 9 aromatic rings. The van der Waals surface area contributed by atoms with Crippen LogP contribution >= 0.6 is 0 Å². The number of hydrogen-bond donors (Lipinski definition) is 2. The maximum absolute atomic E-state index is 13.0. The molecule has 0 saturated carbocycles. The van der Waals surface area contributed by atoms with Gasteiger partial charge in [-0.2, -0.15) is 10.5 Å². The molecule has 2 saturated heterocycles. The van der Waals surface area contributed by atoms with Crippen LogP contribution in [-0.4, -0.2) is 136 Å². The lowest BCUT2D eigenvalue weighted by Crippen LogP contribution is -2.52. The van der Waals surface area contributed by atoms with E-state index in [0.29, 0.717) is 105 Å². The lowest BCUT2D eigenvalue weighted by molar-refractivity contribution is -0.134. The number of H-pyrrole nitrogens is 1. The van der Waals surface area contributed by atoms with Crippen molar-refractivity contribution in [3.63, 3.8) is 0 Å². The first-order valence-corrected chi connectivity index (χ1v) is 29.2. The topological polar surface area (TPSA) is 265 Å². The summed E-state index contributed by atoms with van der Waals surface area (Å²) < 4.78 is 32.5. The third-order valence-electron chi connectivity index (χ3n) is 14.3. The van der Waals surface area contributed by atoms with Gasteiger partial charge in [-0.05, 0) is 141 Å². The van der Waals surface area contributed by atoms with Gasteiger partial charge < -0.3 is 63.1 Å². The Morgan fingerprint density at radius 1 is 0.517 bits per heavy atom. The zero-order valence-corrected chi connectivity index (χ0v) is 51.6. The van der Waals surface area contributed by atoms with Crippen molar-refractivity contribution < 1.29 is 42.9 Å². The van der Waals surface area contributed by atoms with Crippen LogP contribution in [0.5, 0.6) is 34.9 Å². The Balaban J connectivity index is 0.000000166. The lowest BCUT2D eigenvalue weighted by atomic mass is 10.2. The summed E-state index contributed by atoms with van der Waals surface area (Å²) in [6, 6.07) is 37.6. The molecule has 0 radical (unpaired) electrons. The molecule has 0 unspecified atom stereocenters. The van der Waals surface area contributed by atoms with Crippen LogP contribution in [0.15, 0.2) is 128 Å². The molecule has 89 heavy (non-hydrogen) atoms. The number of ether oxygens (including phenoxy) is 5. The highest BCUT2D eigenvalue weighted by atomic mass is 16.6. The average molecular weight is 1200 g/mol. The van der Waals surface area contributed by atoms with E-state index in [1.54, 1.807) is 43.9 Å². The number of nitriles is 2. The van der Waals surface area contributed by atoms with Crippen molar-refractivity contribution in [1.82, 2.24) is 48.7 Å². The second kappa shape index (κ2) is 27.5. The zero-order valence-electron chi connectivity index (χ0n) is 51.6. The van der Waals surface area contributed by atoms with Crippen molar-refractivity contribution in [1.29, 1.82) is 10.5 Å². The van der Waals surface area contributed by atoms with Gasteiger partial charge in [0.05, 0.1) is 34.3 Å². The van der Waals surface area contributed by atoms with E-state index in [9.17, 15) is 24.4 Å². The highest BCUT2D eigenvalue weighted by Gasteiger charge is 2.30. The number of piperazine rings is 2. The molecule has 0 atom stereocenters. The number of fused-ring (bicyclic) bond motifs is 3. The fraction of sp³-hybridized carbons (Fsp3) is 0.328. The fourth-order valence-electron chi connectivity index (χ4n) is 10.1. The third-order valence-corrected chi connectivity index (χ3v) is 14.3. The molecule has 460 valence electrons. The summed E-state index contributed by atoms with van der Waals surface area (Å²) in [4.78, 5) is 73.7. The predicted molar refractivity (Wildman–Crippen MR) is 335 cm³/mol. The van der Waals surface area contributed by atoms with Crippen molar-refractivity contribution in [3.8, 4) is 47.0 Å². The van der Waals surface area contributed by atoms with Crippen molar-refractivity contribution in [2.75, 3.05) is 52.4 Å². The SMILES string of the molecule is Cc1cc(C#N)cc(Oc2cccc3[nH]ccc23)n1.Cc1cc(C#N)cc(Oc2cccc3c2ccn3CC(=O)N2CCN(C(=O)OC(C)(C)C)CC2)n1.Cc1cc(CN)cc(Oc2cccc3c2ccn3CC(=O)N2CCN(C(=O)OC(C)(C)C)CC2)n1. The fourth-order valence-corrected chi connectivity index (χ4v) is 10.1. The summed E-state index contributed by atoms with van der Waals surface area (Å²) in [5.41, 5.74) is 11.7. The van der Waals surface area contributed by atoms with E-state index in [-0.39, 0.29) is 37.1 Å². The molecule has 2 aliphatic heterocycles. The normalized spacial score (nSPS) is 13.3. The third kappa shape index (κ3) is 16.5. The van der Waals surface area contributed by atoms with Gasteiger partial charge in [0.25, 0.3) is 0 Å². The Bertz CT molecular complexity index is 4130. The number of amides is 4. The van der Waals surface area contributed by atoms with Crippen molar-refractivity contribution >= 4 is 56.7 Å². The number of aryl methyl sites for hydroxylation is 3. The minimum Gasteiger partial charge on any atom is -0.444 e. The molecular weight excluding hydrogens is 1130 g/mol. The van der Waals surface area contributed by atoms with E-state index >= 15 is 0 Å². The molecule has 2 aliphatic rings. The number of rotatable bonds is 11. The van der Waals surface area contributed by atoms with E-state index in [0.717, 1.165) is 55.4 Å². The van der Waals surface area contributed by atoms with Gasteiger partial charge in [0.2, 0.25) is 29.5 Å². The second-order valence-electron chi connectivity index (χ2n) is 23.5. The molecule has 0 aliphatic carbocycles. The van der Waals surface area contributed by atoms with E-state index in [1.807, 2.05) is 175 Å². The summed E-state index contributed by atoms with van der Waals surface area (Å²) >= 11 is 0. The average Bonchev–Trinajstić information content (AvgIpc) is 2.40. The summed E-state index contributed by atoms with van der Waals surface area (Å²) in [7, 11) is 0. The number of hydrogen-bond acceptors (Lipinski definition) is 15. The standard InChI is InChI=1S/C26H33N5O4.C26H29N5O4.C15H11N3O/c2*1-18-14-19(16-27)15-23(28-18)34-22-7-5-6-21-20(22)8-9-31(21)17-24(32)29-10-12-30(13-11-29)25(33)35-26(2,3)4;1-10-7-11(9-16)8-15(18-10)19-14-4-2-3-13-12(14)5-6-17-13/h5-9,14-15H,10-13,16-17,27H2,1-4H3;5-9,14-15H,10-13,17H2,1-4H3;2-8,17H,1H3. The first-order valence-electron chi connectivity index (χ1n) is 29.2. The second-order valence-corrected chi connectivity index (χ2v) is 23.5. The molecule has 22 nitrogen and oxygen atoms in total. The molecule has 8 heterocycles. The largest absolute Gasteiger partial charge is 0.444 e. The molecular formula is C67H73N13O9. The highest BCUT2D eigenvalue weighted by Crippen LogP contribution is 2.33. The van der Waals surface area contributed by atoms with E-state index in [1.165, 1.54) is 0 Å². The lowest BCUT2D eigenvalue weighted by Gasteiger charge is -2.35. The van der Waals surface area contributed by atoms with E-state index in [4.69, 9.17) is 34.7 Å². The Kier molecular flexibility index (Phi) is 19.5. The van der Waals surface area contributed by atoms with E-state index < -0.39 is 11.2 Å². The highest BCUT2D eigenvalue weighted by molar-refractivity contribution is 5.90. The maximum atomic E-state index is 13.0. The minimum atomic E-state index is -0.546. The smallest absolute Gasteiger partial charge is 0.410 e. The Hall–Kier alpha value is -10.5. The van der Waals surface area contributed by atoms with E-state index in [2.05, 4.69) is 32.1 Å². The van der Waals surface area contributed by atoms with Crippen LogP contribution in [0.2, 0.25) is 0 Å². The molecule has 0 bridgehead atoms. The summed E-state index contributed by atoms with van der Waals surface area (Å²) in [6.45, 7) is 21.1. The first kappa shape index (κ1) is 63.1. The predicted octanol–water partition coefficient (Wildman–Crippen LogP) is 11.3.